The number of anilines is 1. The summed E-state index contributed by atoms with van der Waals surface area (Å²) in [5.41, 5.74) is 1.43. The Hall–Kier alpha value is -3.10. The second-order valence-electron chi connectivity index (χ2n) is 5.10. The number of alkyl halides is 1. The van der Waals surface area contributed by atoms with Crippen molar-refractivity contribution in [3.8, 4) is 0 Å². The second kappa shape index (κ2) is 11.5. The fraction of sp³-hybridized carbons (Fsp3) is 0.353. The molecule has 0 aliphatic rings. The van der Waals surface area contributed by atoms with Crippen LogP contribution in [0.1, 0.15) is 25.8 Å². The Balaban J connectivity index is 2.95. The van der Waals surface area contributed by atoms with Crippen molar-refractivity contribution in [1.82, 2.24) is 20.3 Å². The van der Waals surface area contributed by atoms with Crippen molar-refractivity contribution >= 4 is 24.0 Å². The van der Waals surface area contributed by atoms with Gasteiger partial charge in [0.15, 0.2) is 0 Å². The van der Waals surface area contributed by atoms with Gasteiger partial charge in [-0.1, -0.05) is 12.7 Å². The molecule has 140 valence electrons. The quantitative estimate of drug-likeness (QED) is 0.354. The predicted molar refractivity (Wildman–Crippen MR) is 98.2 cm³/mol. The van der Waals surface area contributed by atoms with Crippen LogP contribution in [-0.2, 0) is 9.59 Å². The zero-order valence-electron chi connectivity index (χ0n) is 14.9. The average molecular weight is 362 g/mol. The zero-order chi connectivity index (χ0) is 19.4. The van der Waals surface area contributed by atoms with E-state index in [1.807, 2.05) is 0 Å². The minimum Gasteiger partial charge on any atom is -0.355 e. The molecule has 0 unspecified atom stereocenters. The average Bonchev–Trinajstić information content (AvgIpc) is 2.61. The van der Waals surface area contributed by atoms with Gasteiger partial charge in [0.2, 0.25) is 18.3 Å². The maximum absolute atomic E-state index is 12.3. The highest BCUT2D eigenvalue weighted by Crippen LogP contribution is 2.08. The van der Waals surface area contributed by atoms with Crippen LogP contribution in [0.2, 0.25) is 0 Å². The van der Waals surface area contributed by atoms with E-state index in [0.717, 1.165) is 5.01 Å². The van der Waals surface area contributed by atoms with Crippen molar-refractivity contribution in [3.63, 3.8) is 0 Å². The van der Waals surface area contributed by atoms with Crippen LogP contribution in [0.5, 0.6) is 0 Å². The molecule has 0 fully saturated rings. The largest absolute Gasteiger partial charge is 0.355 e. The van der Waals surface area contributed by atoms with Gasteiger partial charge in [0.05, 0.1) is 12.4 Å². The van der Waals surface area contributed by atoms with Gasteiger partial charge in [-0.05, 0) is 19.9 Å². The fourth-order valence-corrected chi connectivity index (χ4v) is 1.84. The maximum atomic E-state index is 12.3. The number of likely N-dealkylation sites (N-methyl/N-ethyl adjacent to an activating group) is 1. The van der Waals surface area contributed by atoms with Crippen LogP contribution in [0.4, 0.5) is 10.3 Å². The van der Waals surface area contributed by atoms with Crippen molar-refractivity contribution in [2.45, 2.75) is 20.3 Å². The molecule has 0 spiro atoms. The molecule has 0 aliphatic heterocycles. The lowest BCUT2D eigenvalue weighted by atomic mass is 10.2. The van der Waals surface area contributed by atoms with Crippen molar-refractivity contribution in [3.05, 3.63) is 42.4 Å². The molecular formula is C17H23FN6O2. The van der Waals surface area contributed by atoms with Crippen LogP contribution in [0.15, 0.2) is 41.9 Å². The third kappa shape index (κ3) is 7.20. The Morgan fingerprint density at radius 2 is 2.12 bits per heavy atom. The van der Waals surface area contributed by atoms with Crippen LogP contribution < -0.4 is 10.6 Å². The molecule has 0 aromatic carbocycles. The number of halogens is 1. The minimum absolute atomic E-state index is 0.171. The monoisotopic (exact) mass is 362 g/mol. The molecule has 2 amide bonds. The number of carbonyl (C=O) groups excluding carboxylic acids is 2. The van der Waals surface area contributed by atoms with Crippen LogP contribution >= 0.6 is 0 Å². The molecule has 0 bridgehead atoms. The van der Waals surface area contributed by atoms with Crippen molar-refractivity contribution in [1.29, 1.82) is 0 Å². The lowest BCUT2D eigenvalue weighted by Crippen LogP contribution is -2.34. The Labute approximate surface area is 151 Å². The molecule has 1 heterocycles. The maximum Gasteiger partial charge on any atom is 0.241 e. The third-order valence-corrected chi connectivity index (χ3v) is 2.99. The third-order valence-electron chi connectivity index (χ3n) is 2.99. The molecule has 1 aromatic rings. The Bertz CT molecular complexity index is 672. The molecule has 0 saturated carbocycles. The highest BCUT2D eigenvalue weighted by atomic mass is 19.1. The van der Waals surface area contributed by atoms with Crippen LogP contribution in [0, 0.1) is 0 Å². The van der Waals surface area contributed by atoms with Gasteiger partial charge >= 0.3 is 0 Å². The normalized spacial score (nSPS) is 11.3. The number of aromatic nitrogens is 2. The van der Waals surface area contributed by atoms with Crippen LogP contribution in [0.25, 0.3) is 0 Å². The molecule has 1 rings (SSSR count). The smallest absolute Gasteiger partial charge is 0.241 e. The SMILES string of the molecule is C=C(CCF)Nc1ncc(C(/C=C\C)=N/N(C=O)CC(=O)NCC)cn1. The van der Waals surface area contributed by atoms with Gasteiger partial charge in [-0.2, -0.15) is 5.10 Å². The number of carbonyl (C=O) groups is 2. The number of allylic oxidation sites excluding steroid dienone is 3. The highest BCUT2D eigenvalue weighted by Gasteiger charge is 2.10. The highest BCUT2D eigenvalue weighted by molar-refractivity contribution is 6.08. The van der Waals surface area contributed by atoms with Crippen molar-refractivity contribution in [2.75, 3.05) is 25.1 Å². The van der Waals surface area contributed by atoms with Gasteiger partial charge in [-0.15, -0.1) is 0 Å². The first-order chi connectivity index (χ1) is 12.5. The first kappa shape index (κ1) is 20.9. The first-order valence-electron chi connectivity index (χ1n) is 8.07. The number of hydrogen-bond acceptors (Lipinski definition) is 6. The molecule has 1 aromatic heterocycles. The van der Waals surface area contributed by atoms with Gasteiger partial charge in [0.25, 0.3) is 0 Å². The molecule has 0 atom stereocenters. The van der Waals surface area contributed by atoms with E-state index in [2.05, 4.69) is 32.3 Å². The summed E-state index contributed by atoms with van der Waals surface area (Å²) in [6.45, 7) is 7.00. The first-order valence-corrected chi connectivity index (χ1v) is 8.07. The minimum atomic E-state index is -0.519. The van der Waals surface area contributed by atoms with Gasteiger partial charge in [-0.25, -0.2) is 15.0 Å². The van der Waals surface area contributed by atoms with E-state index in [1.165, 1.54) is 12.4 Å². The number of nitrogens with one attached hydrogen (secondary N) is 2. The summed E-state index contributed by atoms with van der Waals surface area (Å²) >= 11 is 0. The fourth-order valence-electron chi connectivity index (χ4n) is 1.84. The second-order valence-corrected chi connectivity index (χ2v) is 5.10. The molecule has 8 nitrogen and oxygen atoms in total. The summed E-state index contributed by atoms with van der Waals surface area (Å²) in [6.07, 6.45) is 7.06. The van der Waals surface area contributed by atoms with E-state index in [9.17, 15) is 14.0 Å². The summed E-state index contributed by atoms with van der Waals surface area (Å²) in [4.78, 5) is 31.1. The van der Waals surface area contributed by atoms with Gasteiger partial charge < -0.3 is 10.6 Å². The molecular weight excluding hydrogens is 339 g/mol. The predicted octanol–water partition coefficient (Wildman–Crippen LogP) is 1.64. The van der Waals surface area contributed by atoms with Crippen molar-refractivity contribution in [2.24, 2.45) is 5.10 Å². The van der Waals surface area contributed by atoms with E-state index < -0.39 is 6.67 Å². The summed E-state index contributed by atoms with van der Waals surface area (Å²) in [7, 11) is 0. The van der Waals surface area contributed by atoms with Gasteiger partial charge in [0, 0.05) is 36.6 Å². The van der Waals surface area contributed by atoms with Gasteiger partial charge in [0.1, 0.15) is 6.54 Å². The van der Waals surface area contributed by atoms with Crippen LogP contribution in [0.3, 0.4) is 0 Å². The van der Waals surface area contributed by atoms with E-state index in [1.54, 1.807) is 26.0 Å². The lowest BCUT2D eigenvalue weighted by Gasteiger charge is -2.13. The molecule has 0 radical (unpaired) electrons. The van der Waals surface area contributed by atoms with E-state index in [-0.39, 0.29) is 24.8 Å². The molecule has 0 saturated heterocycles. The Morgan fingerprint density at radius 3 is 2.65 bits per heavy atom. The number of hydrogen-bond donors (Lipinski definition) is 2. The summed E-state index contributed by atoms with van der Waals surface area (Å²) < 4.78 is 12.3. The van der Waals surface area contributed by atoms with E-state index in [4.69, 9.17) is 0 Å². The van der Waals surface area contributed by atoms with Crippen LogP contribution in [-0.4, -0.2) is 52.8 Å². The van der Waals surface area contributed by atoms with Crippen molar-refractivity contribution < 1.29 is 14.0 Å². The topological polar surface area (TPSA) is 99.6 Å². The standard InChI is InChI=1S/C17H23FN6O2/c1-4-6-15(23-24(12-25)11-16(26)19-5-2)14-9-20-17(21-10-14)22-13(3)7-8-18/h4,6,9-10,12H,3,5,7-8,11H2,1-2H3,(H,19,26)(H,20,21,22)/b6-4-,23-15+. The summed E-state index contributed by atoms with van der Waals surface area (Å²) in [5.74, 6) is -0.0352. The Morgan fingerprint density at radius 1 is 1.42 bits per heavy atom. The van der Waals surface area contributed by atoms with Gasteiger partial charge in [-0.3, -0.25) is 14.0 Å². The summed E-state index contributed by atoms with van der Waals surface area (Å²) in [6, 6.07) is 0. The molecule has 0 aliphatic carbocycles. The molecule has 26 heavy (non-hydrogen) atoms. The molecule has 2 N–H and O–H groups in total. The number of rotatable bonds is 11. The zero-order valence-corrected chi connectivity index (χ0v) is 14.9. The number of hydrazone groups is 1. The number of amides is 2. The Kier molecular flexibility index (Phi) is 9.23. The van der Waals surface area contributed by atoms with E-state index >= 15 is 0 Å². The van der Waals surface area contributed by atoms with E-state index in [0.29, 0.717) is 29.9 Å². The summed E-state index contributed by atoms with van der Waals surface area (Å²) in [5, 5.41) is 10.6. The molecule has 9 heteroatoms. The number of nitrogens with zero attached hydrogens (tertiary/aromatic N) is 4. The lowest BCUT2D eigenvalue weighted by molar-refractivity contribution is -0.127.